The first kappa shape index (κ1) is 25.7. The quantitative estimate of drug-likeness (QED) is 0.301. The Hall–Kier alpha value is -3.92. The van der Waals surface area contributed by atoms with E-state index in [0.717, 1.165) is 72.0 Å². The van der Waals surface area contributed by atoms with Crippen LogP contribution >= 0.6 is 0 Å². The molecule has 1 aliphatic heterocycles. The van der Waals surface area contributed by atoms with E-state index in [0.29, 0.717) is 11.6 Å². The average Bonchev–Trinajstić information content (AvgIpc) is 3.40. The molecule has 0 amide bonds. The first-order chi connectivity index (χ1) is 18.4. The van der Waals surface area contributed by atoms with Gasteiger partial charge in [-0.05, 0) is 62.6 Å². The lowest BCUT2D eigenvalue weighted by molar-refractivity contribution is 0.104. The number of H-pyrrole nitrogens is 1. The molecule has 5 rings (SSSR count). The van der Waals surface area contributed by atoms with Crippen molar-refractivity contribution in [2.24, 2.45) is 0 Å². The summed E-state index contributed by atoms with van der Waals surface area (Å²) in [5, 5.41) is 14.6. The van der Waals surface area contributed by atoms with Crippen molar-refractivity contribution in [1.29, 1.82) is 5.26 Å². The predicted octanol–water partition coefficient (Wildman–Crippen LogP) is 6.49. The number of hydrogen-bond donors (Lipinski definition) is 2. The first-order valence-corrected chi connectivity index (χ1v) is 13.4. The van der Waals surface area contributed by atoms with Gasteiger partial charge in [-0.25, -0.2) is 0 Å². The van der Waals surface area contributed by atoms with Gasteiger partial charge < -0.3 is 10.3 Å². The molecule has 6 heteroatoms. The lowest BCUT2D eigenvalue weighted by Gasteiger charge is -2.37. The summed E-state index contributed by atoms with van der Waals surface area (Å²) in [5.74, 6) is 0. The molecule has 0 saturated carbocycles. The van der Waals surface area contributed by atoms with Crippen molar-refractivity contribution in [3.8, 4) is 6.07 Å². The van der Waals surface area contributed by atoms with Gasteiger partial charge in [0, 0.05) is 79.0 Å². The number of pyridine rings is 1. The number of aromatic amines is 1. The van der Waals surface area contributed by atoms with E-state index in [9.17, 15) is 5.26 Å². The molecule has 0 unspecified atom stereocenters. The zero-order valence-corrected chi connectivity index (χ0v) is 22.8. The smallest absolute Gasteiger partial charge is 0.103 e. The van der Waals surface area contributed by atoms with Gasteiger partial charge in [0.2, 0.25) is 0 Å². The van der Waals surface area contributed by atoms with Crippen molar-refractivity contribution in [3.05, 3.63) is 88.4 Å². The number of nitrogens with one attached hydrogen (secondary N) is 2. The number of aryl methyl sites for hydroxylation is 2. The third-order valence-corrected chi connectivity index (χ3v) is 7.64. The number of aromatic nitrogens is 2. The molecule has 0 atom stereocenters. The number of piperazine rings is 1. The Labute approximate surface area is 225 Å². The molecule has 0 spiro atoms. The molecule has 3 heterocycles. The van der Waals surface area contributed by atoms with E-state index in [1.165, 1.54) is 10.9 Å². The maximum atomic E-state index is 9.88. The summed E-state index contributed by atoms with van der Waals surface area (Å²) in [6, 6.07) is 17.9. The van der Waals surface area contributed by atoms with Gasteiger partial charge in [0.05, 0.1) is 11.3 Å². The summed E-state index contributed by atoms with van der Waals surface area (Å²) in [6.07, 6.45) is 7.81. The Morgan fingerprint density at radius 3 is 2.66 bits per heavy atom. The van der Waals surface area contributed by atoms with Crippen molar-refractivity contribution in [1.82, 2.24) is 19.8 Å². The van der Waals surface area contributed by atoms with Crippen LogP contribution in [0.5, 0.6) is 0 Å². The van der Waals surface area contributed by atoms with Crippen LogP contribution in [0.4, 0.5) is 11.4 Å². The fourth-order valence-corrected chi connectivity index (χ4v) is 5.27. The fourth-order valence-electron chi connectivity index (χ4n) is 5.27. The van der Waals surface area contributed by atoms with Gasteiger partial charge in [-0.15, -0.1) is 0 Å². The molecule has 4 aromatic rings. The Kier molecular flexibility index (Phi) is 7.59. The van der Waals surface area contributed by atoms with Crippen LogP contribution in [0.15, 0.2) is 54.9 Å². The van der Waals surface area contributed by atoms with Crippen molar-refractivity contribution < 1.29 is 0 Å². The maximum absolute atomic E-state index is 9.88. The van der Waals surface area contributed by atoms with Gasteiger partial charge >= 0.3 is 0 Å². The third kappa shape index (κ3) is 5.50. The minimum Gasteiger partial charge on any atom is -0.361 e. The molecule has 1 saturated heterocycles. The molecule has 1 aliphatic rings. The number of benzene rings is 2. The van der Waals surface area contributed by atoms with Crippen LogP contribution < -0.4 is 5.32 Å². The summed E-state index contributed by atoms with van der Waals surface area (Å²) >= 11 is 0. The molecule has 0 aliphatic carbocycles. The number of hydrogen-bond acceptors (Lipinski definition) is 5. The van der Waals surface area contributed by atoms with Gasteiger partial charge in [0.25, 0.3) is 0 Å². The van der Waals surface area contributed by atoms with E-state index in [1.54, 1.807) is 6.20 Å². The molecule has 6 nitrogen and oxygen atoms in total. The number of anilines is 2. The highest BCUT2D eigenvalue weighted by atomic mass is 15.3. The van der Waals surface area contributed by atoms with Crippen molar-refractivity contribution >= 4 is 34.4 Å². The largest absolute Gasteiger partial charge is 0.361 e. The van der Waals surface area contributed by atoms with Crippen LogP contribution in [0.1, 0.15) is 47.4 Å². The normalized spacial score (nSPS) is 14.9. The van der Waals surface area contributed by atoms with Crippen LogP contribution in [0.3, 0.4) is 0 Å². The molecule has 0 radical (unpaired) electrons. The Balaban J connectivity index is 1.38. The molecule has 2 N–H and O–H groups in total. The lowest BCUT2D eigenvalue weighted by Crippen LogP contribution is -2.48. The Morgan fingerprint density at radius 2 is 1.89 bits per heavy atom. The second-order valence-corrected chi connectivity index (χ2v) is 10.4. The van der Waals surface area contributed by atoms with E-state index < -0.39 is 0 Å². The highest BCUT2D eigenvalue weighted by Crippen LogP contribution is 2.32. The second-order valence-electron chi connectivity index (χ2n) is 10.4. The summed E-state index contributed by atoms with van der Waals surface area (Å²) in [5.41, 5.74) is 8.79. The van der Waals surface area contributed by atoms with Crippen LogP contribution in [0.2, 0.25) is 0 Å². The van der Waals surface area contributed by atoms with Gasteiger partial charge in [-0.1, -0.05) is 36.4 Å². The number of rotatable bonds is 7. The van der Waals surface area contributed by atoms with Crippen LogP contribution in [0.25, 0.3) is 23.1 Å². The van der Waals surface area contributed by atoms with Crippen LogP contribution in [-0.4, -0.2) is 52.0 Å². The minimum atomic E-state index is 0.526. The Bertz CT molecular complexity index is 1500. The highest BCUT2D eigenvalue weighted by Gasteiger charge is 2.19. The summed E-state index contributed by atoms with van der Waals surface area (Å²) in [4.78, 5) is 12.9. The first-order valence-electron chi connectivity index (χ1n) is 13.4. The standard InChI is InChI=1S/C32H36N6/c1-22(2)38-16-14-37(15-17-38)21-26-7-5-6-25(18-26)8-9-29-24(4)35-20-27(19-33)32(29)36-30-10-11-31-28(23(30)3)12-13-34-31/h5-13,18,20,22,34H,14-17,21H2,1-4H3,(H,35,36)/b9-8+. The topological polar surface area (TPSA) is 71.0 Å². The predicted molar refractivity (Wildman–Crippen MR) is 157 cm³/mol. The van der Waals surface area contributed by atoms with Crippen LogP contribution in [0, 0.1) is 25.2 Å². The second kappa shape index (κ2) is 11.2. The SMILES string of the molecule is Cc1ncc(C#N)c(Nc2ccc3[nH]ccc3c2C)c1/C=C/c1cccc(CN2CCN(C(C)C)CC2)c1. The van der Waals surface area contributed by atoms with Gasteiger partial charge in [0.15, 0.2) is 0 Å². The monoisotopic (exact) mass is 504 g/mol. The molecule has 38 heavy (non-hydrogen) atoms. The zero-order chi connectivity index (χ0) is 26.6. The summed E-state index contributed by atoms with van der Waals surface area (Å²) in [6.45, 7) is 14.1. The average molecular weight is 505 g/mol. The van der Waals surface area contributed by atoms with E-state index in [1.807, 2.05) is 13.1 Å². The summed E-state index contributed by atoms with van der Waals surface area (Å²) in [7, 11) is 0. The minimum absolute atomic E-state index is 0.526. The molecule has 0 bridgehead atoms. The third-order valence-electron chi connectivity index (χ3n) is 7.64. The van der Waals surface area contributed by atoms with Gasteiger partial charge in [-0.3, -0.25) is 14.8 Å². The van der Waals surface area contributed by atoms with Gasteiger partial charge in [-0.2, -0.15) is 5.26 Å². The molecule has 2 aromatic heterocycles. The molecule has 194 valence electrons. The highest BCUT2D eigenvalue weighted by molar-refractivity contribution is 5.90. The van der Waals surface area contributed by atoms with Crippen molar-refractivity contribution in [3.63, 3.8) is 0 Å². The number of nitriles is 1. The van der Waals surface area contributed by atoms with Gasteiger partial charge in [0.1, 0.15) is 6.07 Å². The summed E-state index contributed by atoms with van der Waals surface area (Å²) < 4.78 is 0. The van der Waals surface area contributed by atoms with Crippen LogP contribution in [-0.2, 0) is 6.54 Å². The zero-order valence-electron chi connectivity index (χ0n) is 22.8. The van der Waals surface area contributed by atoms with E-state index >= 15 is 0 Å². The fraction of sp³-hybridized carbons (Fsp3) is 0.312. The molecule has 1 fully saturated rings. The van der Waals surface area contributed by atoms with E-state index in [4.69, 9.17) is 0 Å². The maximum Gasteiger partial charge on any atom is 0.103 e. The Morgan fingerprint density at radius 1 is 1.08 bits per heavy atom. The van der Waals surface area contributed by atoms with Crippen molar-refractivity contribution in [2.45, 2.75) is 40.3 Å². The molecular formula is C32H36N6. The van der Waals surface area contributed by atoms with E-state index in [2.05, 4.69) is 107 Å². The molecular weight excluding hydrogens is 468 g/mol. The molecule has 2 aromatic carbocycles. The van der Waals surface area contributed by atoms with E-state index in [-0.39, 0.29) is 0 Å². The lowest BCUT2D eigenvalue weighted by atomic mass is 10.0. The van der Waals surface area contributed by atoms with Crippen molar-refractivity contribution in [2.75, 3.05) is 31.5 Å². The number of fused-ring (bicyclic) bond motifs is 1. The number of nitrogens with zero attached hydrogens (tertiary/aromatic N) is 4.